The molecule has 0 amide bonds. The predicted octanol–water partition coefficient (Wildman–Crippen LogP) is 6.44. The van der Waals surface area contributed by atoms with Crippen molar-refractivity contribution in [2.24, 2.45) is 0 Å². The lowest BCUT2D eigenvalue weighted by atomic mass is 9.78. The molecule has 0 aromatic heterocycles. The molecule has 0 unspecified atom stereocenters. The van der Waals surface area contributed by atoms with Crippen molar-refractivity contribution >= 4 is 33.1 Å². The average molecular weight is 475 g/mol. The van der Waals surface area contributed by atoms with Crippen LogP contribution in [0.4, 0.5) is 11.4 Å². The Labute approximate surface area is 190 Å². The fourth-order valence-electron chi connectivity index (χ4n) is 4.57. The molecule has 1 heterocycles. The number of allylic oxidation sites excluding steroid dienone is 1. The predicted molar refractivity (Wildman–Crippen MR) is 128 cm³/mol. The summed E-state index contributed by atoms with van der Waals surface area (Å²) >= 11 is 3.60. The van der Waals surface area contributed by atoms with Gasteiger partial charge in [0.25, 0.3) is 0 Å². The first-order chi connectivity index (χ1) is 15.1. The molecule has 5 heteroatoms. The number of halogens is 1. The van der Waals surface area contributed by atoms with E-state index in [0.717, 1.165) is 44.9 Å². The zero-order chi connectivity index (χ0) is 21.4. The summed E-state index contributed by atoms with van der Waals surface area (Å²) in [6.07, 6.45) is 1.31. The highest BCUT2D eigenvalue weighted by molar-refractivity contribution is 9.10. The van der Waals surface area contributed by atoms with E-state index >= 15 is 0 Å². The number of Topliss-reactive ketones (excluding diaryl/α,β-unsaturated/α-hetero) is 1. The van der Waals surface area contributed by atoms with Gasteiger partial charge in [-0.1, -0.05) is 48.5 Å². The van der Waals surface area contributed by atoms with E-state index in [4.69, 9.17) is 4.74 Å². The Morgan fingerprint density at radius 3 is 2.39 bits per heavy atom. The van der Waals surface area contributed by atoms with Crippen LogP contribution in [0.5, 0.6) is 5.75 Å². The van der Waals surface area contributed by atoms with E-state index in [-0.39, 0.29) is 17.7 Å². The van der Waals surface area contributed by atoms with Crippen LogP contribution in [-0.2, 0) is 4.79 Å². The molecule has 0 radical (unpaired) electrons. The number of ether oxygens (including phenoxy) is 1. The van der Waals surface area contributed by atoms with Crippen molar-refractivity contribution in [1.82, 2.24) is 0 Å². The van der Waals surface area contributed by atoms with Gasteiger partial charge in [0.05, 0.1) is 29.0 Å². The molecule has 31 heavy (non-hydrogen) atoms. The van der Waals surface area contributed by atoms with Crippen LogP contribution in [-0.4, -0.2) is 12.9 Å². The Morgan fingerprint density at radius 2 is 1.65 bits per heavy atom. The zero-order valence-corrected chi connectivity index (χ0v) is 18.8. The van der Waals surface area contributed by atoms with Crippen molar-refractivity contribution < 1.29 is 9.53 Å². The maximum absolute atomic E-state index is 13.5. The van der Waals surface area contributed by atoms with E-state index in [1.54, 1.807) is 7.11 Å². The molecule has 3 aromatic carbocycles. The summed E-state index contributed by atoms with van der Waals surface area (Å²) in [6.45, 7) is 0. The first-order valence-corrected chi connectivity index (χ1v) is 11.2. The Kier molecular flexibility index (Phi) is 5.28. The number of nitrogens with one attached hydrogen (secondary N) is 2. The molecule has 1 aliphatic carbocycles. The minimum absolute atomic E-state index is 0.175. The summed E-state index contributed by atoms with van der Waals surface area (Å²) < 4.78 is 6.27. The molecule has 3 aromatic rings. The van der Waals surface area contributed by atoms with Gasteiger partial charge < -0.3 is 15.4 Å². The van der Waals surface area contributed by atoms with E-state index in [1.807, 2.05) is 54.6 Å². The number of carbonyl (C=O) groups is 1. The fraction of sp³-hybridized carbons (Fsp3) is 0.192. The fourth-order valence-corrected chi connectivity index (χ4v) is 5.12. The van der Waals surface area contributed by atoms with Gasteiger partial charge in [-0.2, -0.15) is 0 Å². The summed E-state index contributed by atoms with van der Waals surface area (Å²) in [5.74, 6) is 1.12. The SMILES string of the molecule is COc1ccc([C@@H]2Nc3ccccc3NC3=C2C(=O)C[C@H](c2ccccc2)C3)cc1Br. The van der Waals surface area contributed by atoms with Gasteiger partial charge in [0.2, 0.25) is 0 Å². The second-order valence-electron chi connectivity index (χ2n) is 7.97. The molecule has 0 bridgehead atoms. The van der Waals surface area contributed by atoms with Crippen LogP contribution in [0.1, 0.15) is 35.9 Å². The molecular weight excluding hydrogens is 452 g/mol. The number of para-hydroxylation sites is 2. The second kappa shape index (κ2) is 8.23. The average Bonchev–Trinajstić information content (AvgIpc) is 2.96. The van der Waals surface area contributed by atoms with Crippen molar-refractivity contribution in [2.75, 3.05) is 17.7 Å². The lowest BCUT2D eigenvalue weighted by Gasteiger charge is -2.30. The van der Waals surface area contributed by atoms with Gasteiger partial charge in [-0.3, -0.25) is 4.79 Å². The molecule has 4 nitrogen and oxygen atoms in total. The molecule has 0 fully saturated rings. The van der Waals surface area contributed by atoms with Crippen LogP contribution in [0.15, 0.2) is 88.5 Å². The summed E-state index contributed by atoms with van der Waals surface area (Å²) in [4.78, 5) is 13.5. The number of benzene rings is 3. The Hall–Kier alpha value is -3.05. The first kappa shape index (κ1) is 19.9. The maximum Gasteiger partial charge on any atom is 0.163 e. The van der Waals surface area contributed by atoms with Gasteiger partial charge in [0, 0.05) is 17.7 Å². The Bertz CT molecular complexity index is 1170. The smallest absolute Gasteiger partial charge is 0.163 e. The molecule has 5 rings (SSSR count). The molecule has 1 aliphatic heterocycles. The topological polar surface area (TPSA) is 50.4 Å². The quantitative estimate of drug-likeness (QED) is 0.458. The van der Waals surface area contributed by atoms with Gasteiger partial charge in [-0.25, -0.2) is 0 Å². The number of anilines is 2. The van der Waals surface area contributed by atoms with Crippen LogP contribution in [0.3, 0.4) is 0 Å². The lowest BCUT2D eigenvalue weighted by molar-refractivity contribution is -0.116. The third-order valence-electron chi connectivity index (χ3n) is 6.09. The maximum atomic E-state index is 13.5. The summed E-state index contributed by atoms with van der Waals surface area (Å²) in [6, 6.07) is 24.2. The van der Waals surface area contributed by atoms with Crippen molar-refractivity contribution in [3.63, 3.8) is 0 Å². The Balaban J connectivity index is 1.62. The monoisotopic (exact) mass is 474 g/mol. The van der Waals surface area contributed by atoms with Gasteiger partial charge in [-0.05, 0) is 63.7 Å². The lowest BCUT2D eigenvalue weighted by Crippen LogP contribution is -2.26. The number of rotatable bonds is 3. The van der Waals surface area contributed by atoms with Gasteiger partial charge in [-0.15, -0.1) is 0 Å². The van der Waals surface area contributed by atoms with Crippen molar-refractivity contribution in [1.29, 1.82) is 0 Å². The van der Waals surface area contributed by atoms with Crippen LogP contribution >= 0.6 is 15.9 Å². The van der Waals surface area contributed by atoms with Crippen LogP contribution in [0.2, 0.25) is 0 Å². The van der Waals surface area contributed by atoms with E-state index in [2.05, 4.69) is 44.8 Å². The van der Waals surface area contributed by atoms with Crippen LogP contribution < -0.4 is 15.4 Å². The van der Waals surface area contributed by atoms with Crippen molar-refractivity contribution in [3.05, 3.63) is 99.7 Å². The summed E-state index contributed by atoms with van der Waals surface area (Å²) in [5.41, 5.74) is 6.02. The molecule has 0 saturated carbocycles. The molecule has 0 saturated heterocycles. The van der Waals surface area contributed by atoms with Gasteiger partial charge in [0.1, 0.15) is 5.75 Å². The minimum Gasteiger partial charge on any atom is -0.496 e. The summed E-state index contributed by atoms with van der Waals surface area (Å²) in [5, 5.41) is 7.21. The van der Waals surface area contributed by atoms with E-state index in [9.17, 15) is 4.79 Å². The number of hydrogen-bond acceptors (Lipinski definition) is 4. The number of hydrogen-bond donors (Lipinski definition) is 2. The second-order valence-corrected chi connectivity index (χ2v) is 8.83. The highest BCUT2D eigenvalue weighted by Crippen LogP contribution is 2.44. The number of methoxy groups -OCH3 is 1. The third-order valence-corrected chi connectivity index (χ3v) is 6.71. The number of fused-ring (bicyclic) bond motifs is 1. The zero-order valence-electron chi connectivity index (χ0n) is 17.2. The van der Waals surface area contributed by atoms with E-state index in [0.29, 0.717) is 6.42 Å². The first-order valence-electron chi connectivity index (χ1n) is 10.4. The van der Waals surface area contributed by atoms with Crippen LogP contribution in [0, 0.1) is 0 Å². The standard InChI is InChI=1S/C26H23BrN2O2/c1-31-24-12-11-17(13-19(24)27)26-25-22(28-20-9-5-6-10-21(20)29-26)14-18(15-23(25)30)16-7-3-2-4-8-16/h2-13,18,26,28-29H,14-15H2,1H3/t18-,26+/m1/s1. The number of ketones is 1. The summed E-state index contributed by atoms with van der Waals surface area (Å²) in [7, 11) is 1.65. The normalized spacial score (nSPS) is 20.1. The van der Waals surface area contributed by atoms with Crippen LogP contribution in [0.25, 0.3) is 0 Å². The molecule has 2 N–H and O–H groups in total. The van der Waals surface area contributed by atoms with E-state index in [1.165, 1.54) is 5.56 Å². The molecule has 2 atom stereocenters. The van der Waals surface area contributed by atoms with Gasteiger partial charge in [0.15, 0.2) is 5.78 Å². The largest absolute Gasteiger partial charge is 0.496 e. The molecule has 0 spiro atoms. The highest BCUT2D eigenvalue weighted by Gasteiger charge is 2.36. The highest BCUT2D eigenvalue weighted by atomic mass is 79.9. The minimum atomic E-state index is -0.238. The van der Waals surface area contributed by atoms with Gasteiger partial charge >= 0.3 is 0 Å². The Morgan fingerprint density at radius 1 is 0.903 bits per heavy atom. The van der Waals surface area contributed by atoms with Crippen molar-refractivity contribution in [2.45, 2.75) is 24.8 Å². The molecule has 156 valence electrons. The van der Waals surface area contributed by atoms with Crippen molar-refractivity contribution in [3.8, 4) is 5.75 Å². The molecule has 2 aliphatic rings. The number of carbonyl (C=O) groups excluding carboxylic acids is 1. The third kappa shape index (κ3) is 3.74. The molecular formula is C26H23BrN2O2. The van der Waals surface area contributed by atoms with E-state index < -0.39 is 0 Å².